The molecule has 1 aliphatic heterocycles. The predicted octanol–water partition coefficient (Wildman–Crippen LogP) is 2.66. The van der Waals surface area contributed by atoms with E-state index in [4.69, 9.17) is 4.42 Å². The van der Waals surface area contributed by atoms with Gasteiger partial charge in [0.25, 0.3) is 0 Å². The molecule has 1 fully saturated rings. The highest BCUT2D eigenvalue weighted by Gasteiger charge is 2.32. The van der Waals surface area contributed by atoms with Crippen LogP contribution in [0.2, 0.25) is 0 Å². The Bertz CT molecular complexity index is 1260. The number of aryl methyl sites for hydroxylation is 1. The molecule has 7 nitrogen and oxygen atoms in total. The Morgan fingerprint density at radius 3 is 2.37 bits per heavy atom. The molecule has 0 amide bonds. The Hall–Kier alpha value is -2.79. The van der Waals surface area contributed by atoms with E-state index in [2.05, 4.69) is 0 Å². The number of alkyl halides is 3. The molecule has 0 atom stereocenters. The summed E-state index contributed by atoms with van der Waals surface area (Å²) in [7, 11) is -2.32. The summed E-state index contributed by atoms with van der Waals surface area (Å²) in [6.45, 7) is 0.747. The summed E-state index contributed by atoms with van der Waals surface area (Å²) in [6.07, 6.45) is -4.44. The number of benzene rings is 2. The monoisotopic (exact) mass is 441 g/mol. The highest BCUT2D eigenvalue weighted by atomic mass is 32.2. The zero-order valence-corrected chi connectivity index (χ0v) is 16.7. The Kier molecular flexibility index (Phi) is 4.89. The number of rotatable bonds is 3. The van der Waals surface area contributed by atoms with E-state index in [0.717, 1.165) is 12.1 Å². The van der Waals surface area contributed by atoms with Gasteiger partial charge < -0.3 is 9.32 Å². The van der Waals surface area contributed by atoms with E-state index in [1.54, 1.807) is 11.0 Å². The van der Waals surface area contributed by atoms with Crippen molar-refractivity contribution in [3.63, 3.8) is 0 Å². The number of nitrogens with zero attached hydrogens (tertiary/aromatic N) is 3. The molecular weight excluding hydrogens is 423 g/mol. The first-order chi connectivity index (χ1) is 14.1. The van der Waals surface area contributed by atoms with Gasteiger partial charge in [-0.05, 0) is 30.3 Å². The van der Waals surface area contributed by atoms with Crippen molar-refractivity contribution in [3.8, 4) is 0 Å². The van der Waals surface area contributed by atoms with Crippen LogP contribution in [0.4, 0.5) is 18.9 Å². The fourth-order valence-corrected chi connectivity index (χ4v) is 4.93. The van der Waals surface area contributed by atoms with E-state index >= 15 is 0 Å². The SMILES string of the molecule is Cn1c(=O)oc2cc(S(=O)(=O)N3CCN(c4cccc(C(F)(F)F)c4)CC3)ccc21. The van der Waals surface area contributed by atoms with Crippen LogP contribution in [0.15, 0.2) is 56.6 Å². The summed E-state index contributed by atoms with van der Waals surface area (Å²) >= 11 is 0. The number of oxazole rings is 1. The predicted molar refractivity (Wildman–Crippen MR) is 104 cm³/mol. The van der Waals surface area contributed by atoms with Gasteiger partial charge in [0.05, 0.1) is 16.0 Å². The Balaban J connectivity index is 1.53. The second-order valence-electron chi connectivity index (χ2n) is 7.00. The molecule has 0 N–H and O–H groups in total. The molecule has 0 radical (unpaired) electrons. The third kappa shape index (κ3) is 3.58. The molecule has 1 aliphatic rings. The number of halogens is 3. The number of sulfonamides is 1. The second kappa shape index (κ2) is 7.17. The van der Waals surface area contributed by atoms with Gasteiger partial charge in [-0.25, -0.2) is 13.2 Å². The zero-order chi connectivity index (χ0) is 21.7. The lowest BCUT2D eigenvalue weighted by molar-refractivity contribution is -0.137. The number of hydrogen-bond acceptors (Lipinski definition) is 5. The van der Waals surface area contributed by atoms with Gasteiger partial charge in [0.15, 0.2) is 5.58 Å². The van der Waals surface area contributed by atoms with Gasteiger partial charge >= 0.3 is 11.9 Å². The maximum absolute atomic E-state index is 13.0. The van der Waals surface area contributed by atoms with Crippen molar-refractivity contribution < 1.29 is 26.0 Å². The maximum Gasteiger partial charge on any atom is 0.419 e. The van der Waals surface area contributed by atoms with E-state index in [1.165, 1.54) is 40.2 Å². The van der Waals surface area contributed by atoms with E-state index in [0.29, 0.717) is 11.2 Å². The summed E-state index contributed by atoms with van der Waals surface area (Å²) in [6, 6.07) is 9.20. The van der Waals surface area contributed by atoms with E-state index < -0.39 is 27.5 Å². The fraction of sp³-hybridized carbons (Fsp3) is 0.316. The van der Waals surface area contributed by atoms with Crippen LogP contribution in [0, 0.1) is 0 Å². The van der Waals surface area contributed by atoms with Crippen molar-refractivity contribution in [1.82, 2.24) is 8.87 Å². The largest absolute Gasteiger partial charge is 0.419 e. The first kappa shape index (κ1) is 20.5. The molecule has 11 heteroatoms. The van der Waals surface area contributed by atoms with Gasteiger partial charge in [-0.1, -0.05) is 6.07 Å². The van der Waals surface area contributed by atoms with Crippen LogP contribution >= 0.6 is 0 Å². The molecule has 2 heterocycles. The van der Waals surface area contributed by atoms with Gasteiger partial charge in [-0.3, -0.25) is 4.57 Å². The van der Waals surface area contributed by atoms with E-state index in [1.807, 2.05) is 0 Å². The molecule has 30 heavy (non-hydrogen) atoms. The molecule has 2 aromatic carbocycles. The highest BCUT2D eigenvalue weighted by Crippen LogP contribution is 2.32. The topological polar surface area (TPSA) is 75.8 Å². The third-order valence-electron chi connectivity index (χ3n) is 5.18. The standard InChI is InChI=1S/C19H18F3N3O4S/c1-23-16-6-5-15(12-17(16)29-18(23)26)30(27,28)25-9-7-24(8-10-25)14-4-2-3-13(11-14)19(20,21)22/h2-6,11-12H,7-10H2,1H3. The minimum Gasteiger partial charge on any atom is -0.408 e. The lowest BCUT2D eigenvalue weighted by Gasteiger charge is -2.35. The van der Waals surface area contributed by atoms with Crippen LogP contribution in [0.25, 0.3) is 11.1 Å². The molecule has 3 aromatic rings. The first-order valence-electron chi connectivity index (χ1n) is 9.09. The summed E-state index contributed by atoms with van der Waals surface area (Å²) in [4.78, 5) is 13.3. The molecule has 160 valence electrons. The van der Waals surface area contributed by atoms with Crippen LogP contribution in [-0.4, -0.2) is 43.5 Å². The second-order valence-corrected chi connectivity index (χ2v) is 8.93. The normalized spacial score (nSPS) is 16.3. The van der Waals surface area contributed by atoms with Crippen molar-refractivity contribution in [3.05, 3.63) is 58.6 Å². The molecule has 4 rings (SSSR count). The van der Waals surface area contributed by atoms with Gasteiger partial charge in [0.2, 0.25) is 10.0 Å². The molecule has 0 saturated carbocycles. The molecule has 1 aromatic heterocycles. The minimum absolute atomic E-state index is 0.00290. The number of hydrogen-bond donors (Lipinski definition) is 0. The smallest absolute Gasteiger partial charge is 0.408 e. The molecule has 0 bridgehead atoms. The van der Waals surface area contributed by atoms with Crippen LogP contribution in [0.1, 0.15) is 5.56 Å². The van der Waals surface area contributed by atoms with E-state index in [9.17, 15) is 26.4 Å². The highest BCUT2D eigenvalue weighted by molar-refractivity contribution is 7.89. The third-order valence-corrected chi connectivity index (χ3v) is 7.07. The van der Waals surface area contributed by atoms with Crippen molar-refractivity contribution in [1.29, 1.82) is 0 Å². The molecule has 1 saturated heterocycles. The summed E-state index contributed by atoms with van der Waals surface area (Å²) in [5, 5.41) is 0. The number of fused-ring (bicyclic) bond motifs is 1. The van der Waals surface area contributed by atoms with Crippen molar-refractivity contribution >= 4 is 26.8 Å². The Labute approximate surface area is 170 Å². The maximum atomic E-state index is 13.0. The van der Waals surface area contributed by atoms with Crippen LogP contribution < -0.4 is 10.7 Å². The first-order valence-corrected chi connectivity index (χ1v) is 10.5. The van der Waals surface area contributed by atoms with Gasteiger partial charge in [0.1, 0.15) is 0 Å². The average Bonchev–Trinajstić information content (AvgIpc) is 3.01. The van der Waals surface area contributed by atoms with Crippen LogP contribution in [-0.2, 0) is 23.2 Å². The Morgan fingerprint density at radius 2 is 1.70 bits per heavy atom. The zero-order valence-electron chi connectivity index (χ0n) is 15.9. The van der Waals surface area contributed by atoms with Crippen LogP contribution in [0.3, 0.4) is 0 Å². The van der Waals surface area contributed by atoms with Gasteiger partial charge in [0, 0.05) is 45.0 Å². The summed E-state index contributed by atoms with van der Waals surface area (Å²) in [5.74, 6) is -0.589. The van der Waals surface area contributed by atoms with Crippen molar-refractivity contribution in [2.75, 3.05) is 31.1 Å². The summed E-state index contributed by atoms with van der Waals surface area (Å²) < 4.78 is 72.4. The minimum atomic E-state index is -4.44. The average molecular weight is 441 g/mol. The number of aromatic nitrogens is 1. The quantitative estimate of drug-likeness (QED) is 0.625. The lowest BCUT2D eigenvalue weighted by atomic mass is 10.1. The van der Waals surface area contributed by atoms with Gasteiger partial charge in [-0.2, -0.15) is 17.5 Å². The fourth-order valence-electron chi connectivity index (χ4n) is 3.49. The molecule has 0 aliphatic carbocycles. The number of anilines is 1. The molecular formula is C19H18F3N3O4S. The summed E-state index contributed by atoms with van der Waals surface area (Å²) in [5.41, 5.74) is 0.307. The number of piperazine rings is 1. The lowest BCUT2D eigenvalue weighted by Crippen LogP contribution is -2.48. The van der Waals surface area contributed by atoms with Crippen molar-refractivity contribution in [2.45, 2.75) is 11.1 Å². The molecule has 0 unspecified atom stereocenters. The van der Waals surface area contributed by atoms with E-state index in [-0.39, 0.29) is 36.7 Å². The molecule has 0 spiro atoms. The van der Waals surface area contributed by atoms with Crippen molar-refractivity contribution in [2.24, 2.45) is 7.05 Å². The van der Waals surface area contributed by atoms with Gasteiger partial charge in [-0.15, -0.1) is 0 Å². The van der Waals surface area contributed by atoms with Crippen LogP contribution in [0.5, 0.6) is 0 Å². The Morgan fingerprint density at radius 1 is 1.00 bits per heavy atom.